The van der Waals surface area contributed by atoms with Crippen LogP contribution in [0, 0.1) is 5.92 Å². The topological polar surface area (TPSA) is 202 Å². The van der Waals surface area contributed by atoms with Crippen LogP contribution in [0.5, 0.6) is 0 Å². The first-order chi connectivity index (χ1) is 30.8. The molecule has 6 aliphatic rings. The highest BCUT2D eigenvalue weighted by Crippen LogP contribution is 2.40. The van der Waals surface area contributed by atoms with E-state index in [0.29, 0.717) is 82.1 Å². The summed E-state index contributed by atoms with van der Waals surface area (Å²) in [7, 11) is 2.80. The molecule has 6 amide bonds. The number of imide groups is 1. The van der Waals surface area contributed by atoms with Gasteiger partial charge >= 0.3 is 5.92 Å². The highest BCUT2D eigenvalue weighted by Gasteiger charge is 2.49. The number of carbonyl (C=O) groups is 6. The van der Waals surface area contributed by atoms with E-state index in [1.165, 1.54) is 20.4 Å². The predicted molar refractivity (Wildman–Crippen MR) is 231 cm³/mol. The molecule has 3 saturated heterocycles. The summed E-state index contributed by atoms with van der Waals surface area (Å²) in [5, 5.41) is 11.2. The zero-order chi connectivity index (χ0) is 45.1. The molecule has 0 spiro atoms. The number of hydrogen-bond donors (Lipinski definition) is 4. The minimum Gasteiger partial charge on any atom is -0.495 e. The average Bonchev–Trinajstić information content (AvgIpc) is 3.82. The fourth-order valence-corrected chi connectivity index (χ4v) is 9.32. The lowest BCUT2D eigenvalue weighted by atomic mass is 9.95. The maximum absolute atomic E-state index is 15.0. The van der Waals surface area contributed by atoms with Crippen LogP contribution in [0.15, 0.2) is 54.1 Å². The zero-order valence-electron chi connectivity index (χ0n) is 36.1. The Morgan fingerprint density at radius 2 is 1.66 bits per heavy atom. The largest absolute Gasteiger partial charge is 0.495 e. The van der Waals surface area contributed by atoms with Crippen molar-refractivity contribution in [3.8, 4) is 0 Å². The van der Waals surface area contributed by atoms with Crippen LogP contribution in [-0.2, 0) is 28.7 Å². The second-order valence-electron chi connectivity index (χ2n) is 17.3. The molecule has 20 heteroatoms. The van der Waals surface area contributed by atoms with Gasteiger partial charge in [-0.3, -0.25) is 39.0 Å². The number of methoxy groups -OCH3 is 1. The Kier molecular flexibility index (Phi) is 13.1. The number of nitrogens with one attached hydrogen (secondary N) is 4. The van der Waals surface area contributed by atoms with E-state index in [9.17, 15) is 28.8 Å². The molecule has 64 heavy (non-hydrogen) atoms. The SMILES string of the molecule is COC1=CC(C(=O)NC2CCN(C(=O)CN3CCN(c4ccc(C(=O)NC5CCC(=O)NC5=O)cc4)CC3)CC2)CC=C1Nc1ncc2c(n1)N(C1CCCC1)CC(F)(F)C(=O)N2C. The van der Waals surface area contributed by atoms with Gasteiger partial charge < -0.3 is 40.3 Å². The van der Waals surface area contributed by atoms with E-state index in [2.05, 4.69) is 41.0 Å². The van der Waals surface area contributed by atoms with Crippen molar-refractivity contribution < 1.29 is 42.3 Å². The van der Waals surface area contributed by atoms with Crippen LogP contribution in [0.25, 0.3) is 0 Å². The smallest absolute Gasteiger partial charge is 0.342 e. The fourth-order valence-electron chi connectivity index (χ4n) is 9.32. The van der Waals surface area contributed by atoms with Crippen LogP contribution in [0.2, 0.25) is 0 Å². The quantitative estimate of drug-likeness (QED) is 0.240. The minimum absolute atomic E-state index is 0.0536. The van der Waals surface area contributed by atoms with E-state index in [1.807, 2.05) is 23.1 Å². The first-order valence-corrected chi connectivity index (χ1v) is 22.1. The number of anilines is 4. The molecular weight excluding hydrogens is 833 g/mol. The van der Waals surface area contributed by atoms with E-state index in [-0.39, 0.29) is 66.0 Å². The van der Waals surface area contributed by atoms with Gasteiger partial charge in [0.25, 0.3) is 11.8 Å². The molecule has 342 valence electrons. The number of likely N-dealkylation sites (tertiary alicyclic amines) is 1. The van der Waals surface area contributed by atoms with Gasteiger partial charge in [0.05, 0.1) is 38.0 Å². The standard InChI is InChI=1S/C44H55F2N11O7/c1-53-34-24-47-43(52-38(34)57(31-5-3-4-6-31)26-44(45,46)42(53)63)50-32-12-9-28(23-35(32)64-2)40(61)48-29-15-17-56(18-16-29)37(59)25-54-19-21-55(22-20-54)30-10-7-27(8-11-30)39(60)49-33-13-14-36(58)51-41(33)62/h7-8,10-12,23-24,28-29,31,33H,3-6,9,13-22,25-26H2,1-2H3,(H,48,61)(H,49,60)(H,47,50,52)(H,51,58,62). The summed E-state index contributed by atoms with van der Waals surface area (Å²) in [4.78, 5) is 93.3. The molecular formula is C44H55F2N11O7. The highest BCUT2D eigenvalue weighted by molar-refractivity contribution is 6.04. The molecule has 4 fully saturated rings. The molecule has 2 atom stereocenters. The summed E-state index contributed by atoms with van der Waals surface area (Å²) in [6, 6.07) is 6.16. The Labute approximate surface area is 369 Å². The Morgan fingerprint density at radius 3 is 2.34 bits per heavy atom. The Bertz CT molecular complexity index is 2200. The molecule has 2 unspecified atom stereocenters. The second kappa shape index (κ2) is 18.9. The van der Waals surface area contributed by atoms with Gasteiger partial charge in [0, 0.05) is 76.1 Å². The van der Waals surface area contributed by atoms with Gasteiger partial charge in [0.15, 0.2) is 5.82 Å². The monoisotopic (exact) mass is 887 g/mol. The zero-order valence-corrected chi connectivity index (χ0v) is 36.1. The van der Waals surface area contributed by atoms with E-state index in [1.54, 1.807) is 23.1 Å². The Hall–Kier alpha value is -6.18. The van der Waals surface area contributed by atoms with E-state index in [0.717, 1.165) is 36.3 Å². The minimum atomic E-state index is -3.58. The summed E-state index contributed by atoms with van der Waals surface area (Å²) < 4.78 is 35.8. The maximum atomic E-state index is 15.0. The number of nitrogens with zero attached hydrogens (tertiary/aromatic N) is 7. The summed E-state index contributed by atoms with van der Waals surface area (Å²) in [5.74, 6) is -5.88. The number of piperazine rings is 1. The molecule has 1 saturated carbocycles. The average molecular weight is 888 g/mol. The Balaban J connectivity index is 0.776. The summed E-state index contributed by atoms with van der Waals surface area (Å²) in [6.45, 7) is 3.42. The molecule has 0 radical (unpaired) electrons. The summed E-state index contributed by atoms with van der Waals surface area (Å²) in [5.41, 5.74) is 2.11. The fraction of sp³-hybridized carbons (Fsp3) is 0.545. The van der Waals surface area contributed by atoms with Crippen molar-refractivity contribution in [3.63, 3.8) is 0 Å². The normalized spacial score (nSPS) is 23.4. The van der Waals surface area contributed by atoms with E-state index < -0.39 is 36.2 Å². The lowest BCUT2D eigenvalue weighted by molar-refractivity contribution is -0.140. The molecule has 1 aromatic heterocycles. The number of carbonyl (C=O) groups excluding carboxylic acids is 6. The lowest BCUT2D eigenvalue weighted by Gasteiger charge is -2.38. The van der Waals surface area contributed by atoms with Crippen molar-refractivity contribution in [2.45, 2.75) is 81.8 Å². The molecule has 1 aromatic carbocycles. The number of alkyl halides is 2. The van der Waals surface area contributed by atoms with E-state index >= 15 is 8.78 Å². The van der Waals surface area contributed by atoms with Gasteiger partial charge in [-0.1, -0.05) is 18.9 Å². The third-order valence-electron chi connectivity index (χ3n) is 13.1. The highest BCUT2D eigenvalue weighted by atomic mass is 19.3. The van der Waals surface area contributed by atoms with Crippen molar-refractivity contribution in [2.75, 3.05) is 86.5 Å². The van der Waals surface area contributed by atoms with E-state index in [4.69, 9.17) is 4.74 Å². The van der Waals surface area contributed by atoms with Crippen LogP contribution < -0.4 is 36.0 Å². The number of ether oxygens (including phenoxy) is 1. The number of benzene rings is 1. The Morgan fingerprint density at radius 1 is 0.938 bits per heavy atom. The van der Waals surface area contributed by atoms with Gasteiger partial charge in [-0.05, 0) is 68.9 Å². The number of halogens is 2. The molecule has 2 aliphatic carbocycles. The van der Waals surface area contributed by atoms with Crippen molar-refractivity contribution in [1.82, 2.24) is 35.7 Å². The molecule has 18 nitrogen and oxygen atoms in total. The van der Waals surface area contributed by atoms with Crippen molar-refractivity contribution in [3.05, 3.63) is 59.6 Å². The molecule has 8 rings (SSSR count). The molecule has 0 bridgehead atoms. The van der Waals surface area contributed by atoms with Gasteiger partial charge in [-0.15, -0.1) is 0 Å². The third-order valence-corrected chi connectivity index (χ3v) is 13.1. The first-order valence-electron chi connectivity index (χ1n) is 22.1. The number of amides is 6. The summed E-state index contributed by atoms with van der Waals surface area (Å²) >= 11 is 0. The number of aromatic nitrogens is 2. The lowest BCUT2D eigenvalue weighted by Crippen LogP contribution is -2.52. The van der Waals surface area contributed by atoms with Crippen molar-refractivity contribution >= 4 is 58.6 Å². The van der Waals surface area contributed by atoms with Crippen molar-refractivity contribution in [1.29, 1.82) is 0 Å². The number of piperidine rings is 2. The maximum Gasteiger partial charge on any atom is 0.342 e. The summed E-state index contributed by atoms with van der Waals surface area (Å²) in [6.07, 6.45) is 10.3. The van der Waals surface area contributed by atoms with Crippen LogP contribution in [0.1, 0.15) is 68.1 Å². The van der Waals surface area contributed by atoms with Crippen molar-refractivity contribution in [2.24, 2.45) is 5.92 Å². The van der Waals surface area contributed by atoms with Crippen LogP contribution in [-0.4, -0.2) is 146 Å². The van der Waals surface area contributed by atoms with Gasteiger partial charge in [-0.25, -0.2) is 4.98 Å². The molecule has 5 heterocycles. The van der Waals surface area contributed by atoms with Gasteiger partial charge in [0.1, 0.15) is 17.5 Å². The number of fused-ring (bicyclic) bond motifs is 1. The number of hydrogen-bond acceptors (Lipinski definition) is 13. The third kappa shape index (κ3) is 9.80. The number of rotatable bonds is 11. The molecule has 4 aliphatic heterocycles. The van der Waals surface area contributed by atoms with Crippen LogP contribution in [0.3, 0.4) is 0 Å². The predicted octanol–water partition coefficient (Wildman–Crippen LogP) is 2.15. The second-order valence-corrected chi connectivity index (χ2v) is 17.3. The molecule has 2 aromatic rings. The molecule has 4 N–H and O–H groups in total. The van der Waals surface area contributed by atoms with Crippen LogP contribution in [0.4, 0.5) is 31.9 Å². The number of allylic oxidation sites excluding steroid dienone is 1. The van der Waals surface area contributed by atoms with Gasteiger partial charge in [0.2, 0.25) is 29.6 Å². The van der Waals surface area contributed by atoms with Crippen LogP contribution >= 0.6 is 0 Å². The van der Waals surface area contributed by atoms with Gasteiger partial charge in [-0.2, -0.15) is 13.8 Å². The first kappa shape index (κ1) is 44.4.